The predicted octanol–water partition coefficient (Wildman–Crippen LogP) is 3.33. The minimum Gasteiger partial charge on any atom is -0.360 e. The lowest BCUT2D eigenvalue weighted by molar-refractivity contribution is -0.137. The topological polar surface area (TPSA) is 99.2 Å². The van der Waals surface area contributed by atoms with Crippen LogP contribution in [-0.4, -0.2) is 64.4 Å². The van der Waals surface area contributed by atoms with Gasteiger partial charge in [-0.25, -0.2) is 9.97 Å². The van der Waals surface area contributed by atoms with E-state index in [1.165, 1.54) is 12.4 Å². The van der Waals surface area contributed by atoms with Gasteiger partial charge in [-0.15, -0.1) is 0 Å². The summed E-state index contributed by atoms with van der Waals surface area (Å²) in [7, 11) is 0. The summed E-state index contributed by atoms with van der Waals surface area (Å²) in [4.78, 5) is 34.3. The lowest BCUT2D eigenvalue weighted by atomic mass is 9.79. The fourth-order valence-corrected chi connectivity index (χ4v) is 5.40. The number of nitrogens with one attached hydrogen (secondary N) is 3. The first-order valence-corrected chi connectivity index (χ1v) is 12.5. The zero-order valence-corrected chi connectivity index (χ0v) is 20.6. The van der Waals surface area contributed by atoms with Crippen LogP contribution in [0.1, 0.15) is 51.5 Å². The van der Waals surface area contributed by atoms with Crippen molar-refractivity contribution in [2.24, 2.45) is 5.92 Å². The molecular formula is C25H33F3N6O2. The van der Waals surface area contributed by atoms with Gasteiger partial charge in [0.2, 0.25) is 11.8 Å². The summed E-state index contributed by atoms with van der Waals surface area (Å²) in [5.41, 5.74) is -0.422. The van der Waals surface area contributed by atoms with E-state index < -0.39 is 11.7 Å². The zero-order chi connectivity index (χ0) is 25.9. The maximum atomic E-state index is 13.1. The van der Waals surface area contributed by atoms with Gasteiger partial charge in [-0.3, -0.25) is 14.5 Å². The molecule has 0 bridgehead atoms. The molecule has 0 unspecified atom stereocenters. The minimum atomic E-state index is -4.48. The Morgan fingerprint density at radius 1 is 1.14 bits per heavy atom. The van der Waals surface area contributed by atoms with Gasteiger partial charge < -0.3 is 16.0 Å². The molecular weight excluding hydrogens is 473 g/mol. The number of fused-ring (bicyclic) bond motifs is 1. The minimum absolute atomic E-state index is 0.0266. The van der Waals surface area contributed by atoms with Gasteiger partial charge in [0.15, 0.2) is 0 Å². The SMILES string of the molecule is CC[C@H](NC(C)=O)C1CCC(N2CC(NC(=O)CNc3ncnc4ccc(C(F)(F)F)cc34)C2)CC1. The fourth-order valence-electron chi connectivity index (χ4n) is 5.40. The summed E-state index contributed by atoms with van der Waals surface area (Å²) in [5, 5.41) is 9.13. The molecule has 1 aliphatic carbocycles. The largest absolute Gasteiger partial charge is 0.416 e. The molecule has 2 amide bonds. The molecule has 36 heavy (non-hydrogen) atoms. The second kappa shape index (κ2) is 11.0. The van der Waals surface area contributed by atoms with Crippen LogP contribution in [0, 0.1) is 5.92 Å². The van der Waals surface area contributed by atoms with E-state index in [1.807, 2.05) is 0 Å². The summed E-state index contributed by atoms with van der Waals surface area (Å²) < 4.78 is 39.3. The van der Waals surface area contributed by atoms with Crippen LogP contribution in [0.4, 0.5) is 19.0 Å². The third kappa shape index (κ3) is 6.24. The van der Waals surface area contributed by atoms with Crippen LogP contribution in [0.15, 0.2) is 24.5 Å². The molecule has 8 nitrogen and oxygen atoms in total. The number of nitrogens with zero attached hydrogens (tertiary/aromatic N) is 3. The average molecular weight is 507 g/mol. The summed E-state index contributed by atoms with van der Waals surface area (Å²) in [6.07, 6.45) is 2.07. The highest BCUT2D eigenvalue weighted by Crippen LogP contribution is 2.33. The van der Waals surface area contributed by atoms with Crippen LogP contribution in [0.5, 0.6) is 0 Å². The third-order valence-electron chi connectivity index (χ3n) is 7.31. The molecule has 1 saturated carbocycles. The number of rotatable bonds is 8. The molecule has 4 rings (SSSR count). The van der Waals surface area contributed by atoms with E-state index in [-0.39, 0.29) is 41.6 Å². The number of carbonyl (C=O) groups is 2. The molecule has 2 aliphatic rings. The number of carbonyl (C=O) groups excluding carboxylic acids is 2. The van der Waals surface area contributed by atoms with E-state index in [2.05, 4.69) is 37.7 Å². The highest BCUT2D eigenvalue weighted by atomic mass is 19.4. The molecule has 1 atom stereocenters. The Kier molecular flexibility index (Phi) is 7.97. The Labute approximate surface area is 208 Å². The molecule has 2 heterocycles. The van der Waals surface area contributed by atoms with Crippen LogP contribution < -0.4 is 16.0 Å². The number of hydrogen-bond acceptors (Lipinski definition) is 6. The van der Waals surface area contributed by atoms with Crippen molar-refractivity contribution in [3.63, 3.8) is 0 Å². The molecule has 11 heteroatoms. The number of halogens is 3. The predicted molar refractivity (Wildman–Crippen MR) is 130 cm³/mol. The van der Waals surface area contributed by atoms with Crippen molar-refractivity contribution in [3.05, 3.63) is 30.1 Å². The Hall–Kier alpha value is -2.95. The highest BCUT2D eigenvalue weighted by Gasteiger charge is 2.36. The number of amides is 2. The van der Waals surface area contributed by atoms with Crippen LogP contribution in [0.3, 0.4) is 0 Å². The molecule has 0 radical (unpaired) electrons. The smallest absolute Gasteiger partial charge is 0.360 e. The van der Waals surface area contributed by atoms with E-state index in [0.29, 0.717) is 17.5 Å². The van der Waals surface area contributed by atoms with Gasteiger partial charge in [-0.2, -0.15) is 13.2 Å². The van der Waals surface area contributed by atoms with Crippen molar-refractivity contribution in [2.75, 3.05) is 25.0 Å². The van der Waals surface area contributed by atoms with Gasteiger partial charge in [-0.1, -0.05) is 6.92 Å². The molecule has 1 saturated heterocycles. The standard InChI is InChI=1S/C25H33F3N6O2/c1-3-21(32-15(2)35)16-4-7-19(8-5-16)34-12-18(13-34)33-23(36)11-29-24-20-10-17(25(26,27)28)6-9-22(20)30-14-31-24/h6,9-10,14,16,18-19,21H,3-5,7-8,11-13H2,1-2H3,(H,32,35)(H,33,36)(H,29,30,31)/t16?,19?,21-/m0/s1. The molecule has 1 aliphatic heterocycles. The Bertz CT molecular complexity index is 1080. The Morgan fingerprint density at radius 2 is 1.86 bits per heavy atom. The lowest BCUT2D eigenvalue weighted by Crippen LogP contribution is -2.63. The summed E-state index contributed by atoms with van der Waals surface area (Å²) in [6.45, 7) is 5.16. The molecule has 1 aromatic carbocycles. The first-order chi connectivity index (χ1) is 17.1. The maximum Gasteiger partial charge on any atom is 0.416 e. The Balaban J connectivity index is 1.22. The van der Waals surface area contributed by atoms with Crippen molar-refractivity contribution >= 4 is 28.5 Å². The molecule has 1 aromatic heterocycles. The van der Waals surface area contributed by atoms with Gasteiger partial charge in [0.05, 0.1) is 23.7 Å². The summed E-state index contributed by atoms with van der Waals surface area (Å²) in [6, 6.07) is 4.06. The molecule has 196 valence electrons. The number of hydrogen-bond donors (Lipinski definition) is 3. The van der Waals surface area contributed by atoms with Gasteiger partial charge >= 0.3 is 6.18 Å². The molecule has 3 N–H and O–H groups in total. The van der Waals surface area contributed by atoms with E-state index in [0.717, 1.165) is 57.3 Å². The van der Waals surface area contributed by atoms with Crippen molar-refractivity contribution in [1.82, 2.24) is 25.5 Å². The first kappa shape index (κ1) is 26.1. The van der Waals surface area contributed by atoms with E-state index in [1.54, 1.807) is 6.92 Å². The number of anilines is 1. The van der Waals surface area contributed by atoms with Crippen LogP contribution >= 0.6 is 0 Å². The molecule has 2 aromatic rings. The summed E-state index contributed by atoms with van der Waals surface area (Å²) >= 11 is 0. The van der Waals surface area contributed by atoms with Crippen molar-refractivity contribution in [3.8, 4) is 0 Å². The van der Waals surface area contributed by atoms with Crippen LogP contribution in [0.25, 0.3) is 10.9 Å². The number of benzene rings is 1. The van der Waals surface area contributed by atoms with Crippen molar-refractivity contribution < 1.29 is 22.8 Å². The highest BCUT2D eigenvalue weighted by molar-refractivity contribution is 5.91. The van der Waals surface area contributed by atoms with Crippen molar-refractivity contribution in [2.45, 2.75) is 70.3 Å². The maximum absolute atomic E-state index is 13.1. The zero-order valence-electron chi connectivity index (χ0n) is 20.6. The molecule has 0 spiro atoms. The van der Waals surface area contributed by atoms with Gasteiger partial charge in [0.25, 0.3) is 0 Å². The van der Waals surface area contributed by atoms with Crippen LogP contribution in [-0.2, 0) is 15.8 Å². The van der Waals surface area contributed by atoms with E-state index >= 15 is 0 Å². The van der Waals surface area contributed by atoms with Crippen molar-refractivity contribution in [1.29, 1.82) is 0 Å². The van der Waals surface area contributed by atoms with Gasteiger partial charge in [0.1, 0.15) is 12.1 Å². The normalized spacial score (nSPS) is 22.0. The van der Waals surface area contributed by atoms with Crippen LogP contribution in [0.2, 0.25) is 0 Å². The average Bonchev–Trinajstić information content (AvgIpc) is 2.82. The van der Waals surface area contributed by atoms with Gasteiger partial charge in [-0.05, 0) is 56.2 Å². The quantitative estimate of drug-likeness (QED) is 0.508. The van der Waals surface area contributed by atoms with E-state index in [9.17, 15) is 22.8 Å². The van der Waals surface area contributed by atoms with E-state index in [4.69, 9.17) is 0 Å². The second-order valence-electron chi connectivity index (χ2n) is 9.81. The summed E-state index contributed by atoms with van der Waals surface area (Å²) in [5.74, 6) is 0.503. The number of likely N-dealkylation sites (tertiary alicyclic amines) is 1. The number of aromatic nitrogens is 2. The molecule has 2 fully saturated rings. The lowest BCUT2D eigenvalue weighted by Gasteiger charge is -2.47. The van der Waals surface area contributed by atoms with Gasteiger partial charge in [0, 0.05) is 37.5 Å². The number of alkyl halides is 3. The second-order valence-corrected chi connectivity index (χ2v) is 9.81. The Morgan fingerprint density at radius 3 is 2.50 bits per heavy atom. The monoisotopic (exact) mass is 506 g/mol. The third-order valence-corrected chi connectivity index (χ3v) is 7.31. The fraction of sp³-hybridized carbons (Fsp3) is 0.600. The first-order valence-electron chi connectivity index (χ1n) is 12.5.